The SMILES string of the molecule is O=C(N[C@@H]1CCSc2ccccc21)c1ccc(OC[C@H]2CCCO2)cc1. The Kier molecular flexibility index (Phi) is 5.46. The second-order valence-corrected chi connectivity index (χ2v) is 7.81. The van der Waals surface area contributed by atoms with Gasteiger partial charge in [0.15, 0.2) is 0 Å². The van der Waals surface area contributed by atoms with E-state index in [1.165, 1.54) is 10.5 Å². The normalized spacial score (nSPS) is 21.8. The third kappa shape index (κ3) is 4.05. The van der Waals surface area contributed by atoms with E-state index in [1.54, 1.807) is 0 Å². The summed E-state index contributed by atoms with van der Waals surface area (Å²) in [5.41, 5.74) is 1.87. The monoisotopic (exact) mass is 369 g/mol. The number of hydrogen-bond donors (Lipinski definition) is 1. The number of thioether (sulfide) groups is 1. The molecule has 1 amide bonds. The molecule has 2 heterocycles. The molecule has 1 saturated heterocycles. The largest absolute Gasteiger partial charge is 0.491 e. The van der Waals surface area contributed by atoms with Crippen molar-refractivity contribution in [3.05, 3.63) is 59.7 Å². The van der Waals surface area contributed by atoms with Gasteiger partial charge in [-0.25, -0.2) is 0 Å². The molecule has 1 fully saturated rings. The first-order valence-corrected chi connectivity index (χ1v) is 10.2. The van der Waals surface area contributed by atoms with Gasteiger partial charge in [0.2, 0.25) is 0 Å². The molecule has 5 heteroatoms. The molecule has 2 aromatic rings. The van der Waals surface area contributed by atoms with Crippen molar-refractivity contribution in [3.63, 3.8) is 0 Å². The number of rotatable bonds is 5. The van der Waals surface area contributed by atoms with Crippen molar-refractivity contribution in [1.82, 2.24) is 5.32 Å². The van der Waals surface area contributed by atoms with Crippen molar-refractivity contribution in [2.45, 2.75) is 36.3 Å². The van der Waals surface area contributed by atoms with Crippen molar-refractivity contribution in [1.29, 1.82) is 0 Å². The fourth-order valence-corrected chi connectivity index (χ4v) is 4.53. The van der Waals surface area contributed by atoms with Crippen LogP contribution < -0.4 is 10.1 Å². The summed E-state index contributed by atoms with van der Waals surface area (Å²) in [7, 11) is 0. The first-order valence-electron chi connectivity index (χ1n) is 9.16. The van der Waals surface area contributed by atoms with E-state index >= 15 is 0 Å². The zero-order valence-corrected chi connectivity index (χ0v) is 15.5. The number of nitrogens with one attached hydrogen (secondary N) is 1. The molecular weight excluding hydrogens is 346 g/mol. The van der Waals surface area contributed by atoms with Gasteiger partial charge in [0.25, 0.3) is 5.91 Å². The average molecular weight is 369 g/mol. The number of ether oxygens (including phenoxy) is 2. The summed E-state index contributed by atoms with van der Waals surface area (Å²) >= 11 is 1.86. The van der Waals surface area contributed by atoms with Crippen LogP contribution in [0, 0.1) is 0 Å². The molecule has 1 N–H and O–H groups in total. The molecule has 26 heavy (non-hydrogen) atoms. The van der Waals surface area contributed by atoms with Crippen LogP contribution in [0.5, 0.6) is 5.75 Å². The maximum Gasteiger partial charge on any atom is 0.251 e. The molecule has 0 bridgehead atoms. The quantitative estimate of drug-likeness (QED) is 0.858. The predicted octanol–water partition coefficient (Wildman–Crippen LogP) is 4.21. The minimum Gasteiger partial charge on any atom is -0.491 e. The maximum absolute atomic E-state index is 12.6. The highest BCUT2D eigenvalue weighted by Gasteiger charge is 2.22. The highest BCUT2D eigenvalue weighted by Crippen LogP contribution is 2.35. The highest BCUT2D eigenvalue weighted by atomic mass is 32.2. The van der Waals surface area contributed by atoms with Gasteiger partial charge in [-0.15, -0.1) is 11.8 Å². The minimum absolute atomic E-state index is 0.0395. The average Bonchev–Trinajstić information content (AvgIpc) is 3.21. The number of carbonyl (C=O) groups excluding carboxylic acids is 1. The number of carbonyl (C=O) groups is 1. The van der Waals surface area contributed by atoms with Gasteiger partial charge >= 0.3 is 0 Å². The second-order valence-electron chi connectivity index (χ2n) is 6.67. The van der Waals surface area contributed by atoms with E-state index in [4.69, 9.17) is 9.47 Å². The molecule has 2 atom stereocenters. The van der Waals surface area contributed by atoms with E-state index in [9.17, 15) is 4.79 Å². The van der Waals surface area contributed by atoms with Crippen LogP contribution in [0.2, 0.25) is 0 Å². The fourth-order valence-electron chi connectivity index (χ4n) is 3.40. The smallest absolute Gasteiger partial charge is 0.251 e. The molecule has 0 radical (unpaired) electrons. The summed E-state index contributed by atoms with van der Waals surface area (Å²) in [4.78, 5) is 13.9. The van der Waals surface area contributed by atoms with Crippen LogP contribution in [0.3, 0.4) is 0 Å². The van der Waals surface area contributed by atoms with Crippen LogP contribution >= 0.6 is 11.8 Å². The lowest BCUT2D eigenvalue weighted by molar-refractivity contribution is 0.0679. The Bertz CT molecular complexity index is 756. The van der Waals surface area contributed by atoms with Gasteiger partial charge in [0, 0.05) is 22.8 Å². The molecule has 0 spiro atoms. The second kappa shape index (κ2) is 8.14. The van der Waals surface area contributed by atoms with Gasteiger partial charge in [-0.1, -0.05) is 18.2 Å². The van der Waals surface area contributed by atoms with Crippen LogP contribution in [0.15, 0.2) is 53.4 Å². The van der Waals surface area contributed by atoms with Crippen molar-refractivity contribution in [3.8, 4) is 5.75 Å². The summed E-state index contributed by atoms with van der Waals surface area (Å²) in [6, 6.07) is 15.7. The first kappa shape index (κ1) is 17.4. The van der Waals surface area contributed by atoms with Gasteiger partial charge in [-0.2, -0.15) is 0 Å². The Balaban J connectivity index is 1.36. The first-order chi connectivity index (χ1) is 12.8. The number of hydrogen-bond acceptors (Lipinski definition) is 4. The predicted molar refractivity (Wildman–Crippen MR) is 103 cm³/mol. The van der Waals surface area contributed by atoms with Crippen molar-refractivity contribution >= 4 is 17.7 Å². The molecule has 0 aromatic heterocycles. The Morgan fingerprint density at radius 2 is 2.00 bits per heavy atom. The van der Waals surface area contributed by atoms with Crippen LogP contribution in [0.25, 0.3) is 0 Å². The van der Waals surface area contributed by atoms with Gasteiger partial charge in [0.05, 0.1) is 12.1 Å². The van der Waals surface area contributed by atoms with Crippen molar-refractivity contribution in [2.75, 3.05) is 19.0 Å². The topological polar surface area (TPSA) is 47.6 Å². The van der Waals surface area contributed by atoms with Crippen LogP contribution in [-0.4, -0.2) is 31.0 Å². The molecular formula is C21H23NO3S. The third-order valence-electron chi connectivity index (χ3n) is 4.84. The Hall–Kier alpha value is -1.98. The highest BCUT2D eigenvalue weighted by molar-refractivity contribution is 7.99. The molecule has 4 rings (SSSR count). The molecule has 0 aliphatic carbocycles. The standard InChI is InChI=1S/C21H23NO3S/c23-21(22-19-11-13-26-20-6-2-1-5-18(19)20)15-7-9-16(10-8-15)25-14-17-4-3-12-24-17/h1-2,5-10,17,19H,3-4,11-14H2,(H,22,23)/t17-,19-/m1/s1. The summed E-state index contributed by atoms with van der Waals surface area (Å²) in [5, 5.41) is 3.17. The zero-order chi connectivity index (χ0) is 17.8. The van der Waals surface area contributed by atoms with E-state index in [2.05, 4.69) is 17.4 Å². The lowest BCUT2D eigenvalue weighted by Gasteiger charge is -2.25. The maximum atomic E-state index is 12.6. The molecule has 2 aromatic carbocycles. The number of benzene rings is 2. The molecule has 2 aliphatic rings. The molecule has 2 aliphatic heterocycles. The van der Waals surface area contributed by atoms with Crippen molar-refractivity contribution in [2.24, 2.45) is 0 Å². The zero-order valence-electron chi connectivity index (χ0n) is 14.6. The van der Waals surface area contributed by atoms with Gasteiger partial charge in [-0.05, 0) is 55.2 Å². The molecule has 0 unspecified atom stereocenters. The summed E-state index contributed by atoms with van der Waals surface area (Å²) in [5.74, 6) is 1.76. The van der Waals surface area contributed by atoms with Crippen molar-refractivity contribution < 1.29 is 14.3 Å². The van der Waals surface area contributed by atoms with Gasteiger partial charge < -0.3 is 14.8 Å². The molecule has 0 saturated carbocycles. The Morgan fingerprint density at radius 3 is 2.81 bits per heavy atom. The molecule has 4 nitrogen and oxygen atoms in total. The van der Waals surface area contributed by atoms with Crippen LogP contribution in [0.4, 0.5) is 0 Å². The fraction of sp³-hybridized carbons (Fsp3) is 0.381. The lowest BCUT2D eigenvalue weighted by atomic mass is 10.0. The summed E-state index contributed by atoms with van der Waals surface area (Å²) in [6.45, 7) is 1.40. The summed E-state index contributed by atoms with van der Waals surface area (Å²) in [6.07, 6.45) is 3.32. The van der Waals surface area contributed by atoms with E-state index < -0.39 is 0 Å². The molecule has 136 valence electrons. The third-order valence-corrected chi connectivity index (χ3v) is 5.96. The van der Waals surface area contributed by atoms with Crippen LogP contribution in [0.1, 0.15) is 41.2 Å². The Labute approximate surface area is 158 Å². The Morgan fingerprint density at radius 1 is 1.15 bits per heavy atom. The van der Waals surface area contributed by atoms with Gasteiger partial charge in [-0.3, -0.25) is 4.79 Å². The minimum atomic E-state index is -0.0395. The van der Waals surface area contributed by atoms with E-state index in [0.29, 0.717) is 12.2 Å². The number of amides is 1. The van der Waals surface area contributed by atoms with E-state index in [-0.39, 0.29) is 18.1 Å². The van der Waals surface area contributed by atoms with E-state index in [1.807, 2.05) is 48.2 Å². The van der Waals surface area contributed by atoms with Gasteiger partial charge in [0.1, 0.15) is 12.4 Å². The van der Waals surface area contributed by atoms with Crippen LogP contribution in [-0.2, 0) is 4.74 Å². The summed E-state index contributed by atoms with van der Waals surface area (Å²) < 4.78 is 11.3. The lowest BCUT2D eigenvalue weighted by Crippen LogP contribution is -2.30. The number of fused-ring (bicyclic) bond motifs is 1. The van der Waals surface area contributed by atoms with E-state index in [0.717, 1.165) is 37.4 Å².